The van der Waals surface area contributed by atoms with E-state index < -0.39 is 0 Å². The SMILES string of the molecule is O=C(Cc1cccs1)NC1CCN(c2cc(C3CC3)[nH]n2)CC1. The van der Waals surface area contributed by atoms with Crippen molar-refractivity contribution in [3.8, 4) is 0 Å². The Morgan fingerprint density at radius 1 is 1.35 bits per heavy atom. The first-order valence-electron chi connectivity index (χ1n) is 8.40. The van der Waals surface area contributed by atoms with Crippen molar-refractivity contribution in [2.75, 3.05) is 18.0 Å². The number of anilines is 1. The molecule has 6 heteroatoms. The number of carbonyl (C=O) groups is 1. The van der Waals surface area contributed by atoms with Crippen LogP contribution in [0.25, 0.3) is 0 Å². The van der Waals surface area contributed by atoms with Crippen LogP contribution >= 0.6 is 11.3 Å². The number of hydrogen-bond donors (Lipinski definition) is 2. The van der Waals surface area contributed by atoms with Crippen LogP contribution in [0.1, 0.15) is 42.2 Å². The van der Waals surface area contributed by atoms with Gasteiger partial charge in [0, 0.05) is 41.7 Å². The summed E-state index contributed by atoms with van der Waals surface area (Å²) in [7, 11) is 0. The summed E-state index contributed by atoms with van der Waals surface area (Å²) in [6, 6.07) is 6.50. The maximum absolute atomic E-state index is 12.1. The van der Waals surface area contributed by atoms with Gasteiger partial charge in [-0.3, -0.25) is 9.89 Å². The number of H-pyrrole nitrogens is 1. The van der Waals surface area contributed by atoms with E-state index in [0.29, 0.717) is 18.4 Å². The number of hydrogen-bond acceptors (Lipinski definition) is 4. The summed E-state index contributed by atoms with van der Waals surface area (Å²) in [5.41, 5.74) is 1.28. The number of nitrogens with one attached hydrogen (secondary N) is 2. The zero-order valence-electron chi connectivity index (χ0n) is 13.1. The molecule has 0 bridgehead atoms. The van der Waals surface area contributed by atoms with E-state index >= 15 is 0 Å². The molecule has 5 nitrogen and oxygen atoms in total. The second-order valence-electron chi connectivity index (χ2n) is 6.54. The highest BCUT2D eigenvalue weighted by Gasteiger charge is 2.27. The summed E-state index contributed by atoms with van der Waals surface area (Å²) >= 11 is 1.64. The van der Waals surface area contributed by atoms with Gasteiger partial charge in [-0.2, -0.15) is 5.10 Å². The van der Waals surface area contributed by atoms with E-state index in [-0.39, 0.29) is 5.91 Å². The molecule has 4 rings (SSSR count). The molecule has 1 saturated heterocycles. The van der Waals surface area contributed by atoms with Crippen LogP contribution in [0.4, 0.5) is 5.82 Å². The molecule has 2 fully saturated rings. The van der Waals surface area contributed by atoms with E-state index in [1.165, 1.54) is 18.5 Å². The van der Waals surface area contributed by atoms with Gasteiger partial charge >= 0.3 is 0 Å². The van der Waals surface area contributed by atoms with Crippen molar-refractivity contribution >= 4 is 23.1 Å². The summed E-state index contributed by atoms with van der Waals surface area (Å²) in [5, 5.41) is 12.8. The second kappa shape index (κ2) is 6.35. The number of rotatable bonds is 5. The van der Waals surface area contributed by atoms with E-state index in [4.69, 9.17) is 0 Å². The molecule has 2 N–H and O–H groups in total. The maximum atomic E-state index is 12.1. The van der Waals surface area contributed by atoms with Crippen molar-refractivity contribution < 1.29 is 4.79 Å². The van der Waals surface area contributed by atoms with Gasteiger partial charge in [-0.05, 0) is 37.1 Å². The van der Waals surface area contributed by atoms with Crippen LogP contribution in [0.3, 0.4) is 0 Å². The average Bonchev–Trinajstić information content (AvgIpc) is 3.07. The molecule has 2 aromatic rings. The highest BCUT2D eigenvalue weighted by atomic mass is 32.1. The highest BCUT2D eigenvalue weighted by Crippen LogP contribution is 2.40. The molecule has 0 unspecified atom stereocenters. The highest BCUT2D eigenvalue weighted by molar-refractivity contribution is 7.10. The first-order chi connectivity index (χ1) is 11.3. The molecule has 3 heterocycles. The maximum Gasteiger partial charge on any atom is 0.225 e. The van der Waals surface area contributed by atoms with Crippen molar-refractivity contribution in [3.63, 3.8) is 0 Å². The van der Waals surface area contributed by atoms with Crippen molar-refractivity contribution in [1.29, 1.82) is 0 Å². The molecular weight excluding hydrogens is 308 g/mol. The van der Waals surface area contributed by atoms with Gasteiger partial charge < -0.3 is 10.2 Å². The standard InChI is InChI=1S/C17H22N4OS/c22-17(10-14-2-1-9-23-14)18-13-5-7-21(8-6-13)16-11-15(19-20-16)12-3-4-12/h1-2,9,11-13H,3-8,10H2,(H,18,22)(H,19,20). The summed E-state index contributed by atoms with van der Waals surface area (Å²) in [6.45, 7) is 1.91. The van der Waals surface area contributed by atoms with Crippen molar-refractivity contribution in [2.24, 2.45) is 0 Å². The molecule has 2 aromatic heterocycles. The van der Waals surface area contributed by atoms with Gasteiger partial charge in [-0.15, -0.1) is 11.3 Å². The predicted molar refractivity (Wildman–Crippen MR) is 92.0 cm³/mol. The predicted octanol–water partition coefficient (Wildman–Crippen LogP) is 2.68. The fraction of sp³-hybridized carbons (Fsp3) is 0.529. The van der Waals surface area contributed by atoms with E-state index in [0.717, 1.165) is 36.6 Å². The van der Waals surface area contributed by atoms with Gasteiger partial charge in [-0.1, -0.05) is 6.07 Å². The molecule has 0 aromatic carbocycles. The number of nitrogens with zero attached hydrogens (tertiary/aromatic N) is 2. The van der Waals surface area contributed by atoms with E-state index in [1.54, 1.807) is 11.3 Å². The summed E-state index contributed by atoms with van der Waals surface area (Å²) in [4.78, 5) is 15.5. The second-order valence-corrected chi connectivity index (χ2v) is 7.57. The minimum Gasteiger partial charge on any atom is -0.355 e. The molecule has 1 saturated carbocycles. The Morgan fingerprint density at radius 2 is 2.17 bits per heavy atom. The van der Waals surface area contributed by atoms with Crippen molar-refractivity contribution in [2.45, 2.75) is 44.1 Å². The molecule has 2 aliphatic rings. The summed E-state index contributed by atoms with van der Waals surface area (Å²) in [5.74, 6) is 1.92. The van der Waals surface area contributed by atoms with Gasteiger partial charge in [0.25, 0.3) is 0 Å². The third kappa shape index (κ3) is 3.58. The zero-order valence-corrected chi connectivity index (χ0v) is 13.9. The number of amides is 1. The van der Waals surface area contributed by atoms with Crippen LogP contribution in [0.15, 0.2) is 23.6 Å². The number of aromatic amines is 1. The Hall–Kier alpha value is -1.82. The normalized spacial score (nSPS) is 19.0. The van der Waals surface area contributed by atoms with E-state index in [9.17, 15) is 4.79 Å². The third-order valence-electron chi connectivity index (χ3n) is 4.70. The lowest BCUT2D eigenvalue weighted by molar-refractivity contribution is -0.121. The van der Waals surface area contributed by atoms with Crippen molar-refractivity contribution in [1.82, 2.24) is 15.5 Å². The van der Waals surface area contributed by atoms with Gasteiger partial charge in [-0.25, -0.2) is 0 Å². The number of aromatic nitrogens is 2. The van der Waals surface area contributed by atoms with Crippen molar-refractivity contribution in [3.05, 3.63) is 34.2 Å². The first kappa shape index (κ1) is 14.8. The Kier molecular flexibility index (Phi) is 4.08. The fourth-order valence-electron chi connectivity index (χ4n) is 3.19. The molecule has 23 heavy (non-hydrogen) atoms. The first-order valence-corrected chi connectivity index (χ1v) is 9.28. The van der Waals surface area contributed by atoms with Gasteiger partial charge in [0.05, 0.1) is 6.42 Å². The van der Waals surface area contributed by atoms with Crippen LogP contribution in [-0.2, 0) is 11.2 Å². The minimum atomic E-state index is 0.140. The quantitative estimate of drug-likeness (QED) is 0.886. The molecule has 0 atom stereocenters. The molecule has 1 aliphatic carbocycles. The Balaban J connectivity index is 1.26. The minimum absolute atomic E-state index is 0.140. The smallest absolute Gasteiger partial charge is 0.225 e. The third-order valence-corrected chi connectivity index (χ3v) is 5.58. The number of carbonyl (C=O) groups excluding carboxylic acids is 1. The number of piperidine rings is 1. The lowest BCUT2D eigenvalue weighted by Gasteiger charge is -2.32. The molecule has 1 amide bonds. The van der Waals surface area contributed by atoms with Gasteiger partial charge in [0.15, 0.2) is 5.82 Å². The lowest BCUT2D eigenvalue weighted by atomic mass is 10.0. The molecular formula is C17H22N4OS. The molecule has 0 radical (unpaired) electrons. The zero-order chi connectivity index (χ0) is 15.6. The summed E-state index contributed by atoms with van der Waals surface area (Å²) in [6.07, 6.45) is 5.06. The molecule has 122 valence electrons. The van der Waals surface area contributed by atoms with Crippen LogP contribution < -0.4 is 10.2 Å². The van der Waals surface area contributed by atoms with Crippen LogP contribution in [0.5, 0.6) is 0 Å². The number of thiophene rings is 1. The van der Waals surface area contributed by atoms with E-state index in [2.05, 4.69) is 26.5 Å². The van der Waals surface area contributed by atoms with Crippen LogP contribution in [0.2, 0.25) is 0 Å². The Labute approximate surface area is 140 Å². The van der Waals surface area contributed by atoms with E-state index in [1.807, 2.05) is 17.5 Å². The largest absolute Gasteiger partial charge is 0.355 e. The Bertz CT molecular complexity index is 654. The molecule has 1 aliphatic heterocycles. The summed E-state index contributed by atoms with van der Waals surface area (Å²) < 4.78 is 0. The topological polar surface area (TPSA) is 61.0 Å². The van der Waals surface area contributed by atoms with Crippen LogP contribution in [0, 0.1) is 0 Å². The van der Waals surface area contributed by atoms with Gasteiger partial charge in [0.2, 0.25) is 5.91 Å². The molecule has 0 spiro atoms. The Morgan fingerprint density at radius 3 is 2.87 bits per heavy atom. The fourth-order valence-corrected chi connectivity index (χ4v) is 3.90. The lowest BCUT2D eigenvalue weighted by Crippen LogP contribution is -2.45. The van der Waals surface area contributed by atoms with Crippen LogP contribution in [-0.4, -0.2) is 35.2 Å². The monoisotopic (exact) mass is 330 g/mol. The van der Waals surface area contributed by atoms with Gasteiger partial charge in [0.1, 0.15) is 0 Å². The average molecular weight is 330 g/mol.